The smallest absolute Gasteiger partial charge is 0.200 e. The molecule has 1 heterocycles. The Morgan fingerprint density at radius 2 is 1.90 bits per heavy atom. The number of hydrogen-bond acceptors (Lipinski definition) is 4. The van der Waals surface area contributed by atoms with Crippen molar-refractivity contribution in [1.29, 1.82) is 0 Å². The van der Waals surface area contributed by atoms with Crippen LogP contribution in [0.25, 0.3) is 0 Å². The van der Waals surface area contributed by atoms with Gasteiger partial charge in [-0.2, -0.15) is 4.39 Å². The fourth-order valence-corrected chi connectivity index (χ4v) is 2.80. The van der Waals surface area contributed by atoms with Crippen molar-refractivity contribution < 1.29 is 28.1 Å². The molecular weight excluding hydrogens is 270 g/mol. The van der Waals surface area contributed by atoms with Crippen LogP contribution in [0, 0.1) is 11.6 Å². The Kier molecular flexibility index (Phi) is 4.00. The van der Waals surface area contributed by atoms with E-state index in [4.69, 9.17) is 14.2 Å². The van der Waals surface area contributed by atoms with Gasteiger partial charge in [0, 0.05) is 12.7 Å². The molecule has 1 aliphatic heterocycles. The van der Waals surface area contributed by atoms with E-state index in [2.05, 4.69) is 0 Å². The van der Waals surface area contributed by atoms with Gasteiger partial charge in [-0.15, -0.1) is 0 Å². The highest BCUT2D eigenvalue weighted by Crippen LogP contribution is 2.45. The number of rotatable bonds is 3. The predicted molar refractivity (Wildman–Crippen MR) is 67.6 cm³/mol. The summed E-state index contributed by atoms with van der Waals surface area (Å²) in [5, 5.41) is 10.1. The van der Waals surface area contributed by atoms with Gasteiger partial charge in [-0.3, -0.25) is 0 Å². The average Bonchev–Trinajstić information content (AvgIpc) is 2.61. The van der Waals surface area contributed by atoms with Crippen LogP contribution in [0.1, 0.15) is 25.3 Å². The van der Waals surface area contributed by atoms with Gasteiger partial charge in [-0.05, 0) is 19.9 Å². The van der Waals surface area contributed by atoms with Crippen molar-refractivity contribution in [3.05, 3.63) is 29.3 Å². The van der Waals surface area contributed by atoms with Gasteiger partial charge in [0.05, 0.1) is 24.7 Å². The van der Waals surface area contributed by atoms with Gasteiger partial charge in [0.2, 0.25) is 5.82 Å². The summed E-state index contributed by atoms with van der Waals surface area (Å²) < 4.78 is 42.9. The van der Waals surface area contributed by atoms with Crippen molar-refractivity contribution in [1.82, 2.24) is 0 Å². The number of ether oxygens (including phenoxy) is 3. The van der Waals surface area contributed by atoms with E-state index in [9.17, 15) is 13.9 Å². The Morgan fingerprint density at radius 1 is 1.25 bits per heavy atom. The minimum absolute atomic E-state index is 0.239. The monoisotopic (exact) mass is 288 g/mol. The van der Waals surface area contributed by atoms with E-state index in [1.807, 2.05) is 0 Å². The third-order valence-electron chi connectivity index (χ3n) is 3.64. The minimum Gasteiger partial charge on any atom is -0.493 e. The molecule has 20 heavy (non-hydrogen) atoms. The highest BCUT2D eigenvalue weighted by Gasteiger charge is 2.51. The summed E-state index contributed by atoms with van der Waals surface area (Å²) in [5.74, 6) is -3.00. The molecule has 2 rings (SSSR count). The van der Waals surface area contributed by atoms with Crippen LogP contribution in [0.2, 0.25) is 0 Å². The molecule has 6 heteroatoms. The lowest BCUT2D eigenvalue weighted by Gasteiger charge is -2.27. The molecule has 112 valence electrons. The first kappa shape index (κ1) is 15.2. The normalized spacial score (nSPS) is 28.6. The number of aliphatic hydroxyl groups is 1. The number of aliphatic hydroxyl groups excluding tert-OH is 1. The van der Waals surface area contributed by atoms with Gasteiger partial charge in [0.25, 0.3) is 0 Å². The van der Waals surface area contributed by atoms with Gasteiger partial charge in [0.1, 0.15) is 0 Å². The van der Waals surface area contributed by atoms with Crippen LogP contribution in [0.4, 0.5) is 8.78 Å². The second-order valence-electron chi connectivity index (χ2n) is 5.28. The highest BCUT2D eigenvalue weighted by atomic mass is 19.2. The van der Waals surface area contributed by atoms with Crippen molar-refractivity contribution in [2.45, 2.75) is 37.8 Å². The van der Waals surface area contributed by atoms with Crippen LogP contribution in [0.3, 0.4) is 0 Å². The van der Waals surface area contributed by atoms with Crippen LogP contribution < -0.4 is 4.74 Å². The third kappa shape index (κ3) is 2.28. The summed E-state index contributed by atoms with van der Waals surface area (Å²) in [6.45, 7) is 3.52. The Labute approximate surface area is 116 Å². The fourth-order valence-electron chi connectivity index (χ4n) is 2.80. The lowest BCUT2D eigenvalue weighted by Crippen LogP contribution is -2.36. The fraction of sp³-hybridized carbons (Fsp3) is 0.571. The molecule has 0 spiro atoms. The first-order valence-electron chi connectivity index (χ1n) is 6.24. The maximum Gasteiger partial charge on any atom is 0.200 e. The van der Waals surface area contributed by atoms with Crippen molar-refractivity contribution in [2.24, 2.45) is 0 Å². The molecule has 1 aromatic carbocycles. The van der Waals surface area contributed by atoms with Gasteiger partial charge in [-0.1, -0.05) is 6.07 Å². The predicted octanol–water partition coefficient (Wildman–Crippen LogP) is 2.20. The zero-order valence-electron chi connectivity index (χ0n) is 11.8. The van der Waals surface area contributed by atoms with E-state index < -0.39 is 35.5 Å². The van der Waals surface area contributed by atoms with Crippen molar-refractivity contribution >= 4 is 0 Å². The maximum atomic E-state index is 13.8. The topological polar surface area (TPSA) is 47.9 Å². The lowest BCUT2D eigenvalue weighted by molar-refractivity contribution is -0.138. The molecule has 4 nitrogen and oxygen atoms in total. The SMILES string of the molecule is COc1c(C2C(O)OC(C)(C)C2OC)ccc(F)c1F. The molecular formula is C14H18F2O4. The Bertz CT molecular complexity index is 504. The van der Waals surface area contributed by atoms with E-state index in [-0.39, 0.29) is 5.75 Å². The van der Waals surface area contributed by atoms with E-state index in [0.29, 0.717) is 5.56 Å². The number of methoxy groups -OCH3 is 2. The van der Waals surface area contributed by atoms with Gasteiger partial charge in [-0.25, -0.2) is 4.39 Å². The summed E-state index contributed by atoms with van der Waals surface area (Å²) in [5.41, 5.74) is -0.439. The molecule has 0 amide bonds. The number of benzene rings is 1. The molecule has 0 aliphatic carbocycles. The molecule has 0 aromatic heterocycles. The summed E-state index contributed by atoms with van der Waals surface area (Å²) >= 11 is 0. The molecule has 1 saturated heterocycles. The molecule has 1 N–H and O–H groups in total. The largest absolute Gasteiger partial charge is 0.493 e. The van der Waals surface area contributed by atoms with Crippen molar-refractivity contribution in [3.8, 4) is 5.75 Å². The zero-order chi connectivity index (χ0) is 15.1. The second kappa shape index (κ2) is 5.27. The Balaban J connectivity index is 2.53. The molecule has 3 unspecified atom stereocenters. The maximum absolute atomic E-state index is 13.8. The molecule has 0 saturated carbocycles. The van der Waals surface area contributed by atoms with E-state index in [1.54, 1.807) is 13.8 Å². The molecule has 1 aromatic rings. The van der Waals surface area contributed by atoms with Gasteiger partial charge in [0.15, 0.2) is 17.9 Å². The second-order valence-corrected chi connectivity index (χ2v) is 5.28. The quantitative estimate of drug-likeness (QED) is 0.926. The Morgan fingerprint density at radius 3 is 2.45 bits per heavy atom. The average molecular weight is 288 g/mol. The first-order chi connectivity index (χ1) is 9.33. The highest BCUT2D eigenvalue weighted by molar-refractivity contribution is 5.40. The van der Waals surface area contributed by atoms with E-state index in [1.165, 1.54) is 20.3 Å². The van der Waals surface area contributed by atoms with Crippen LogP contribution in [-0.2, 0) is 9.47 Å². The zero-order valence-corrected chi connectivity index (χ0v) is 11.8. The molecule has 1 fully saturated rings. The van der Waals surface area contributed by atoms with Crippen molar-refractivity contribution in [3.63, 3.8) is 0 Å². The van der Waals surface area contributed by atoms with Crippen LogP contribution >= 0.6 is 0 Å². The minimum atomic E-state index is -1.19. The third-order valence-corrected chi connectivity index (χ3v) is 3.64. The molecule has 3 atom stereocenters. The molecule has 1 aliphatic rings. The summed E-state index contributed by atoms with van der Waals surface area (Å²) in [4.78, 5) is 0. The summed E-state index contributed by atoms with van der Waals surface area (Å²) in [6.07, 6.45) is -1.70. The Hall–Kier alpha value is -1.24. The summed E-state index contributed by atoms with van der Waals surface area (Å²) in [7, 11) is 2.73. The van der Waals surface area contributed by atoms with Crippen LogP contribution in [-0.4, -0.2) is 37.3 Å². The summed E-state index contributed by atoms with van der Waals surface area (Å²) in [6, 6.07) is 2.37. The molecule has 0 radical (unpaired) electrons. The number of halogens is 2. The van der Waals surface area contributed by atoms with Crippen molar-refractivity contribution in [2.75, 3.05) is 14.2 Å². The molecule has 0 bridgehead atoms. The van der Waals surface area contributed by atoms with Crippen LogP contribution in [0.5, 0.6) is 5.75 Å². The van der Waals surface area contributed by atoms with E-state index in [0.717, 1.165) is 6.07 Å². The lowest BCUT2D eigenvalue weighted by atomic mass is 9.86. The first-order valence-corrected chi connectivity index (χ1v) is 6.24. The van der Waals surface area contributed by atoms with Gasteiger partial charge >= 0.3 is 0 Å². The van der Waals surface area contributed by atoms with Gasteiger partial charge < -0.3 is 19.3 Å². The van der Waals surface area contributed by atoms with E-state index >= 15 is 0 Å². The number of hydrogen-bond donors (Lipinski definition) is 1. The standard InChI is InChI=1S/C14H18F2O4/c1-14(2)12(19-4)9(13(17)20-14)7-5-6-8(15)10(16)11(7)18-3/h5-6,9,12-13,17H,1-4H3. The van der Waals surface area contributed by atoms with Crippen LogP contribution in [0.15, 0.2) is 12.1 Å².